The number of carbonyl (C=O) groups is 1. The highest BCUT2D eigenvalue weighted by Crippen LogP contribution is 2.25. The summed E-state index contributed by atoms with van der Waals surface area (Å²) in [6.07, 6.45) is 2.56. The first-order valence-corrected chi connectivity index (χ1v) is 6.43. The monoisotopic (exact) mass is 250 g/mol. The first-order valence-electron chi connectivity index (χ1n) is 6.43. The molecule has 18 heavy (non-hydrogen) atoms. The van der Waals surface area contributed by atoms with E-state index in [0.29, 0.717) is 6.54 Å². The van der Waals surface area contributed by atoms with E-state index >= 15 is 0 Å². The summed E-state index contributed by atoms with van der Waals surface area (Å²) in [6, 6.07) is 3.80. The molecular weight excluding hydrogens is 228 g/mol. The third kappa shape index (κ3) is 2.58. The van der Waals surface area contributed by atoms with E-state index in [4.69, 9.17) is 4.42 Å². The van der Waals surface area contributed by atoms with Gasteiger partial charge in [0.2, 0.25) is 5.91 Å². The van der Waals surface area contributed by atoms with Crippen LogP contribution in [0.15, 0.2) is 22.8 Å². The third-order valence-electron chi connectivity index (χ3n) is 3.50. The Kier molecular flexibility index (Phi) is 3.48. The first kappa shape index (κ1) is 13.1. The fraction of sp³-hybridized carbons (Fsp3) is 0.643. The fourth-order valence-electron chi connectivity index (χ4n) is 2.50. The summed E-state index contributed by atoms with van der Waals surface area (Å²) >= 11 is 0. The van der Waals surface area contributed by atoms with Crippen LogP contribution >= 0.6 is 0 Å². The van der Waals surface area contributed by atoms with Crippen molar-refractivity contribution in [3.63, 3.8) is 0 Å². The Morgan fingerprint density at radius 1 is 1.50 bits per heavy atom. The van der Waals surface area contributed by atoms with Gasteiger partial charge in [0.15, 0.2) is 0 Å². The van der Waals surface area contributed by atoms with Crippen molar-refractivity contribution in [2.75, 3.05) is 13.6 Å². The molecule has 0 N–H and O–H groups in total. The van der Waals surface area contributed by atoms with Crippen LogP contribution in [0.4, 0.5) is 0 Å². The van der Waals surface area contributed by atoms with Crippen LogP contribution in [0.5, 0.6) is 0 Å². The Morgan fingerprint density at radius 3 is 2.72 bits per heavy atom. The van der Waals surface area contributed by atoms with Crippen LogP contribution < -0.4 is 0 Å². The van der Waals surface area contributed by atoms with Crippen LogP contribution in [-0.2, 0) is 11.3 Å². The van der Waals surface area contributed by atoms with Crippen LogP contribution in [0.25, 0.3) is 0 Å². The lowest BCUT2D eigenvalue weighted by molar-refractivity contribution is -0.135. The van der Waals surface area contributed by atoms with Gasteiger partial charge in [-0.1, -0.05) is 0 Å². The van der Waals surface area contributed by atoms with Gasteiger partial charge in [-0.3, -0.25) is 9.69 Å². The van der Waals surface area contributed by atoms with Gasteiger partial charge in [-0.25, -0.2) is 0 Å². The van der Waals surface area contributed by atoms with Crippen LogP contribution in [0, 0.1) is 0 Å². The molecule has 1 amide bonds. The standard InChI is InChI=1S/C14H22N2O2/c1-14(2,3)16-8-7-12(13(16)17)15(4)10-11-6-5-9-18-11/h5-6,9,12H,7-8,10H2,1-4H3. The second-order valence-corrected chi connectivity index (χ2v) is 5.96. The minimum Gasteiger partial charge on any atom is -0.468 e. The van der Waals surface area contributed by atoms with Gasteiger partial charge in [0.25, 0.3) is 0 Å². The molecule has 1 unspecified atom stereocenters. The van der Waals surface area contributed by atoms with Crippen LogP contribution in [-0.4, -0.2) is 40.9 Å². The zero-order valence-corrected chi connectivity index (χ0v) is 11.6. The molecule has 0 radical (unpaired) electrons. The van der Waals surface area contributed by atoms with E-state index in [-0.39, 0.29) is 17.5 Å². The SMILES string of the molecule is CN(Cc1ccco1)C1CCN(C(C)(C)C)C1=O. The number of hydrogen-bond donors (Lipinski definition) is 0. The first-order chi connectivity index (χ1) is 8.39. The number of likely N-dealkylation sites (N-methyl/N-ethyl adjacent to an activating group) is 1. The molecule has 0 bridgehead atoms. The minimum atomic E-state index is -0.0860. The predicted molar refractivity (Wildman–Crippen MR) is 70.0 cm³/mol. The van der Waals surface area contributed by atoms with Crippen molar-refractivity contribution in [3.8, 4) is 0 Å². The summed E-state index contributed by atoms with van der Waals surface area (Å²) in [4.78, 5) is 16.4. The fourth-order valence-corrected chi connectivity index (χ4v) is 2.50. The third-order valence-corrected chi connectivity index (χ3v) is 3.50. The van der Waals surface area contributed by atoms with Gasteiger partial charge < -0.3 is 9.32 Å². The molecule has 2 rings (SSSR count). The second kappa shape index (κ2) is 4.76. The molecule has 0 aliphatic carbocycles. The molecule has 100 valence electrons. The van der Waals surface area contributed by atoms with E-state index < -0.39 is 0 Å². The lowest BCUT2D eigenvalue weighted by Gasteiger charge is -2.32. The van der Waals surface area contributed by atoms with Gasteiger partial charge in [-0.15, -0.1) is 0 Å². The predicted octanol–water partition coefficient (Wildman–Crippen LogP) is 2.11. The second-order valence-electron chi connectivity index (χ2n) is 5.96. The molecule has 1 fully saturated rings. The van der Waals surface area contributed by atoms with Crippen LogP contribution in [0.3, 0.4) is 0 Å². The zero-order valence-electron chi connectivity index (χ0n) is 11.6. The van der Waals surface area contributed by atoms with Crippen molar-refractivity contribution in [3.05, 3.63) is 24.2 Å². The average molecular weight is 250 g/mol. The number of carbonyl (C=O) groups excluding carboxylic acids is 1. The maximum absolute atomic E-state index is 12.4. The summed E-state index contributed by atoms with van der Waals surface area (Å²) in [5.41, 5.74) is -0.0860. The number of likely N-dealkylation sites (tertiary alicyclic amines) is 1. The summed E-state index contributed by atoms with van der Waals surface area (Å²) in [5, 5.41) is 0. The molecule has 0 saturated carbocycles. The Labute approximate surface area is 109 Å². The topological polar surface area (TPSA) is 36.7 Å². The highest BCUT2D eigenvalue weighted by Gasteiger charge is 2.39. The summed E-state index contributed by atoms with van der Waals surface area (Å²) < 4.78 is 5.33. The summed E-state index contributed by atoms with van der Waals surface area (Å²) in [6.45, 7) is 7.77. The Balaban J connectivity index is 2.00. The van der Waals surface area contributed by atoms with Gasteiger partial charge >= 0.3 is 0 Å². The maximum atomic E-state index is 12.4. The number of rotatable bonds is 3. The van der Waals surface area contributed by atoms with Crippen LogP contribution in [0.1, 0.15) is 33.0 Å². The molecule has 1 atom stereocenters. The average Bonchev–Trinajstić information content (AvgIpc) is 2.85. The molecule has 0 aromatic carbocycles. The Morgan fingerprint density at radius 2 is 2.22 bits per heavy atom. The lowest BCUT2D eigenvalue weighted by Crippen LogP contribution is -2.46. The summed E-state index contributed by atoms with van der Waals surface area (Å²) in [5.74, 6) is 1.14. The quantitative estimate of drug-likeness (QED) is 0.824. The highest BCUT2D eigenvalue weighted by molar-refractivity contribution is 5.84. The number of furan rings is 1. The van der Waals surface area contributed by atoms with Crippen molar-refractivity contribution in [1.29, 1.82) is 0 Å². The largest absolute Gasteiger partial charge is 0.468 e. The lowest BCUT2D eigenvalue weighted by atomic mass is 10.1. The van der Waals surface area contributed by atoms with Crippen molar-refractivity contribution in [2.24, 2.45) is 0 Å². The molecule has 4 nitrogen and oxygen atoms in total. The molecule has 1 aliphatic heterocycles. The molecule has 0 spiro atoms. The van der Waals surface area contributed by atoms with Gasteiger partial charge in [0.05, 0.1) is 18.8 Å². The van der Waals surface area contributed by atoms with Crippen molar-refractivity contribution in [2.45, 2.75) is 45.3 Å². The van der Waals surface area contributed by atoms with E-state index in [2.05, 4.69) is 25.7 Å². The normalized spacial score (nSPS) is 21.1. The smallest absolute Gasteiger partial charge is 0.240 e. The van der Waals surface area contributed by atoms with Crippen molar-refractivity contribution >= 4 is 5.91 Å². The molecule has 1 aromatic heterocycles. The van der Waals surface area contributed by atoms with Gasteiger partial charge in [0, 0.05) is 12.1 Å². The van der Waals surface area contributed by atoms with Gasteiger partial charge in [-0.2, -0.15) is 0 Å². The van der Waals surface area contributed by atoms with E-state index in [1.807, 2.05) is 24.1 Å². The summed E-state index contributed by atoms with van der Waals surface area (Å²) in [7, 11) is 1.98. The van der Waals surface area contributed by atoms with E-state index in [0.717, 1.165) is 18.7 Å². The molecule has 1 saturated heterocycles. The van der Waals surface area contributed by atoms with Crippen molar-refractivity contribution in [1.82, 2.24) is 9.80 Å². The molecule has 2 heterocycles. The van der Waals surface area contributed by atoms with E-state index in [1.54, 1.807) is 6.26 Å². The van der Waals surface area contributed by atoms with Gasteiger partial charge in [-0.05, 0) is 46.4 Å². The Hall–Kier alpha value is -1.29. The molecular formula is C14H22N2O2. The molecule has 1 aliphatic rings. The minimum absolute atomic E-state index is 0.0191. The highest BCUT2D eigenvalue weighted by atomic mass is 16.3. The maximum Gasteiger partial charge on any atom is 0.240 e. The number of hydrogen-bond acceptors (Lipinski definition) is 3. The zero-order chi connectivity index (χ0) is 13.3. The Bertz CT molecular complexity index is 406. The van der Waals surface area contributed by atoms with Gasteiger partial charge in [0.1, 0.15) is 5.76 Å². The van der Waals surface area contributed by atoms with E-state index in [9.17, 15) is 4.79 Å². The number of nitrogens with zero attached hydrogens (tertiary/aromatic N) is 2. The molecule has 1 aromatic rings. The van der Waals surface area contributed by atoms with E-state index in [1.165, 1.54) is 0 Å². The molecule has 4 heteroatoms. The van der Waals surface area contributed by atoms with Crippen LogP contribution in [0.2, 0.25) is 0 Å². The number of amides is 1. The van der Waals surface area contributed by atoms with Crippen molar-refractivity contribution < 1.29 is 9.21 Å².